The standard InChI is InChI=1S/C10H11N3O4S2/c1-3-17-9(14)8-6-18-10(12-8)13-5-7(4-11-13)19(2,15)16/h4-6H,3H2,1-2H3. The van der Waals surface area contributed by atoms with Crippen LogP contribution in [0, 0.1) is 0 Å². The predicted octanol–water partition coefficient (Wildman–Crippen LogP) is 0.909. The molecular weight excluding hydrogens is 290 g/mol. The van der Waals surface area contributed by atoms with Gasteiger partial charge >= 0.3 is 5.97 Å². The Balaban J connectivity index is 2.28. The minimum Gasteiger partial charge on any atom is -0.461 e. The van der Waals surface area contributed by atoms with Crippen LogP contribution in [0.4, 0.5) is 0 Å². The molecule has 9 heteroatoms. The highest BCUT2D eigenvalue weighted by atomic mass is 32.2. The fourth-order valence-corrected chi connectivity index (χ4v) is 2.53. The molecule has 0 aromatic carbocycles. The van der Waals surface area contributed by atoms with E-state index in [0.717, 1.165) is 6.26 Å². The van der Waals surface area contributed by atoms with Gasteiger partial charge in [0, 0.05) is 11.6 Å². The van der Waals surface area contributed by atoms with Gasteiger partial charge in [-0.15, -0.1) is 11.3 Å². The molecule has 102 valence electrons. The zero-order chi connectivity index (χ0) is 14.0. The molecule has 2 aromatic rings. The molecule has 0 bridgehead atoms. The molecule has 0 aliphatic heterocycles. The molecule has 2 aromatic heterocycles. The first-order valence-corrected chi connectivity index (χ1v) is 8.06. The fraction of sp³-hybridized carbons (Fsp3) is 0.300. The maximum atomic E-state index is 11.5. The maximum absolute atomic E-state index is 11.5. The number of ether oxygens (including phenoxy) is 1. The Morgan fingerprint density at radius 2 is 2.26 bits per heavy atom. The quantitative estimate of drug-likeness (QED) is 0.779. The molecule has 2 rings (SSSR count). The van der Waals surface area contributed by atoms with Gasteiger partial charge in [0.15, 0.2) is 15.5 Å². The molecule has 0 unspecified atom stereocenters. The summed E-state index contributed by atoms with van der Waals surface area (Å²) >= 11 is 1.17. The van der Waals surface area contributed by atoms with E-state index in [2.05, 4.69) is 10.1 Å². The van der Waals surface area contributed by atoms with Gasteiger partial charge in [-0.05, 0) is 6.92 Å². The Hall–Kier alpha value is -1.74. The monoisotopic (exact) mass is 301 g/mol. The Bertz CT molecular complexity index is 702. The molecule has 0 saturated heterocycles. The second-order valence-corrected chi connectivity index (χ2v) is 6.48. The lowest BCUT2D eigenvalue weighted by Crippen LogP contribution is -2.05. The number of carbonyl (C=O) groups is 1. The average molecular weight is 301 g/mol. The lowest BCUT2D eigenvalue weighted by molar-refractivity contribution is 0.0520. The number of hydrogen-bond donors (Lipinski definition) is 0. The summed E-state index contributed by atoms with van der Waals surface area (Å²) in [6.45, 7) is 1.97. The van der Waals surface area contributed by atoms with Crippen LogP contribution in [-0.2, 0) is 14.6 Å². The van der Waals surface area contributed by atoms with E-state index in [1.54, 1.807) is 6.92 Å². The van der Waals surface area contributed by atoms with Crippen LogP contribution in [0.15, 0.2) is 22.7 Å². The minimum atomic E-state index is -3.31. The molecule has 0 radical (unpaired) electrons. The van der Waals surface area contributed by atoms with Crippen LogP contribution >= 0.6 is 11.3 Å². The van der Waals surface area contributed by atoms with E-state index in [1.165, 1.54) is 33.8 Å². The van der Waals surface area contributed by atoms with Crippen molar-refractivity contribution in [3.8, 4) is 5.13 Å². The van der Waals surface area contributed by atoms with Crippen molar-refractivity contribution in [3.63, 3.8) is 0 Å². The summed E-state index contributed by atoms with van der Waals surface area (Å²) in [6, 6.07) is 0. The summed E-state index contributed by atoms with van der Waals surface area (Å²) in [5, 5.41) is 5.84. The van der Waals surface area contributed by atoms with Crippen molar-refractivity contribution in [1.82, 2.24) is 14.8 Å². The van der Waals surface area contributed by atoms with E-state index in [0.29, 0.717) is 5.13 Å². The number of carbonyl (C=O) groups excluding carboxylic acids is 1. The summed E-state index contributed by atoms with van der Waals surface area (Å²) in [7, 11) is -3.31. The smallest absolute Gasteiger partial charge is 0.357 e. The minimum absolute atomic E-state index is 0.0976. The Morgan fingerprint density at radius 3 is 2.84 bits per heavy atom. The Kier molecular flexibility index (Phi) is 3.67. The van der Waals surface area contributed by atoms with Gasteiger partial charge in [0.1, 0.15) is 4.90 Å². The highest BCUT2D eigenvalue weighted by Crippen LogP contribution is 2.17. The molecule has 0 fully saturated rings. The van der Waals surface area contributed by atoms with Crippen molar-refractivity contribution in [2.45, 2.75) is 11.8 Å². The van der Waals surface area contributed by atoms with Crippen LogP contribution in [0.2, 0.25) is 0 Å². The van der Waals surface area contributed by atoms with Gasteiger partial charge < -0.3 is 4.74 Å². The predicted molar refractivity (Wildman–Crippen MR) is 68.3 cm³/mol. The SMILES string of the molecule is CCOC(=O)c1csc(-n2cc(S(C)(=O)=O)cn2)n1. The van der Waals surface area contributed by atoms with Gasteiger partial charge in [0.2, 0.25) is 5.13 Å². The Labute approximate surface area is 113 Å². The van der Waals surface area contributed by atoms with Crippen LogP contribution < -0.4 is 0 Å². The summed E-state index contributed by atoms with van der Waals surface area (Å²) in [4.78, 5) is 15.6. The summed E-state index contributed by atoms with van der Waals surface area (Å²) in [5.74, 6) is -0.513. The van der Waals surface area contributed by atoms with Crippen molar-refractivity contribution >= 4 is 27.1 Å². The molecule has 0 aliphatic rings. The number of rotatable bonds is 4. The molecule has 0 N–H and O–H groups in total. The lowest BCUT2D eigenvalue weighted by Gasteiger charge is -1.96. The molecule has 2 heterocycles. The summed E-state index contributed by atoms with van der Waals surface area (Å²) < 4.78 is 28.8. The van der Waals surface area contributed by atoms with Crippen molar-refractivity contribution in [2.75, 3.05) is 12.9 Å². The van der Waals surface area contributed by atoms with Crippen LogP contribution in [0.5, 0.6) is 0 Å². The number of esters is 1. The van der Waals surface area contributed by atoms with E-state index in [-0.39, 0.29) is 17.2 Å². The first-order chi connectivity index (χ1) is 8.91. The highest BCUT2D eigenvalue weighted by Gasteiger charge is 2.15. The van der Waals surface area contributed by atoms with Gasteiger partial charge in [-0.25, -0.2) is 22.9 Å². The third kappa shape index (κ3) is 2.99. The zero-order valence-corrected chi connectivity index (χ0v) is 11.9. The van der Waals surface area contributed by atoms with E-state index in [1.807, 2.05) is 0 Å². The average Bonchev–Trinajstić information content (AvgIpc) is 2.97. The topological polar surface area (TPSA) is 91.2 Å². The normalized spacial score (nSPS) is 11.5. The van der Waals surface area contributed by atoms with Crippen molar-refractivity contribution in [2.24, 2.45) is 0 Å². The first-order valence-electron chi connectivity index (χ1n) is 5.29. The third-order valence-electron chi connectivity index (χ3n) is 2.16. The zero-order valence-electron chi connectivity index (χ0n) is 10.2. The van der Waals surface area contributed by atoms with Crippen molar-refractivity contribution < 1.29 is 17.9 Å². The lowest BCUT2D eigenvalue weighted by atomic mass is 10.5. The van der Waals surface area contributed by atoms with Gasteiger partial charge in [-0.1, -0.05) is 0 Å². The van der Waals surface area contributed by atoms with Gasteiger partial charge in [0.25, 0.3) is 0 Å². The van der Waals surface area contributed by atoms with E-state index < -0.39 is 15.8 Å². The molecular formula is C10H11N3O4S2. The second-order valence-electron chi connectivity index (χ2n) is 3.63. The number of sulfone groups is 1. The van der Waals surface area contributed by atoms with Crippen molar-refractivity contribution in [1.29, 1.82) is 0 Å². The molecule has 0 spiro atoms. The van der Waals surface area contributed by atoms with Crippen LogP contribution in [0.25, 0.3) is 5.13 Å². The van der Waals surface area contributed by atoms with E-state index in [9.17, 15) is 13.2 Å². The number of aromatic nitrogens is 3. The molecule has 0 amide bonds. The summed E-state index contributed by atoms with van der Waals surface area (Å²) in [5.41, 5.74) is 0.179. The maximum Gasteiger partial charge on any atom is 0.357 e. The van der Waals surface area contributed by atoms with Gasteiger partial charge in [-0.3, -0.25) is 0 Å². The van der Waals surface area contributed by atoms with E-state index >= 15 is 0 Å². The van der Waals surface area contributed by atoms with Gasteiger partial charge in [-0.2, -0.15) is 5.10 Å². The van der Waals surface area contributed by atoms with Crippen LogP contribution in [0.1, 0.15) is 17.4 Å². The van der Waals surface area contributed by atoms with Crippen molar-refractivity contribution in [3.05, 3.63) is 23.5 Å². The molecule has 19 heavy (non-hydrogen) atoms. The molecule has 0 aliphatic carbocycles. The first kappa shape index (κ1) is 13.7. The highest BCUT2D eigenvalue weighted by molar-refractivity contribution is 7.90. The van der Waals surface area contributed by atoms with E-state index in [4.69, 9.17) is 4.74 Å². The molecule has 7 nitrogen and oxygen atoms in total. The second kappa shape index (κ2) is 5.10. The third-order valence-corrected chi connectivity index (χ3v) is 4.06. The number of thiazole rings is 1. The van der Waals surface area contributed by atoms with Gasteiger partial charge in [0.05, 0.1) is 19.0 Å². The van der Waals surface area contributed by atoms with Crippen LogP contribution in [0.3, 0.4) is 0 Å². The largest absolute Gasteiger partial charge is 0.461 e. The fourth-order valence-electron chi connectivity index (χ4n) is 1.27. The molecule has 0 saturated carbocycles. The number of nitrogens with zero attached hydrogens (tertiary/aromatic N) is 3. The molecule has 0 atom stereocenters. The number of hydrogen-bond acceptors (Lipinski definition) is 7. The Morgan fingerprint density at radius 1 is 1.53 bits per heavy atom. The summed E-state index contributed by atoms with van der Waals surface area (Å²) in [6.07, 6.45) is 3.68. The van der Waals surface area contributed by atoms with Crippen LogP contribution in [-0.4, -0.2) is 42.0 Å².